The van der Waals surface area contributed by atoms with Crippen LogP contribution in [0.4, 0.5) is 11.4 Å². The molecule has 0 atom stereocenters. The molecule has 0 heterocycles. The van der Waals surface area contributed by atoms with E-state index in [2.05, 4.69) is 16.0 Å². The lowest BCUT2D eigenvalue weighted by atomic mass is 10.1. The van der Waals surface area contributed by atoms with Gasteiger partial charge in [0.1, 0.15) is 0 Å². The second-order valence-corrected chi connectivity index (χ2v) is 7.62. The first-order valence-corrected chi connectivity index (χ1v) is 10.2. The van der Waals surface area contributed by atoms with Crippen LogP contribution in [0.15, 0.2) is 66.7 Å². The quantitative estimate of drug-likeness (QED) is 0.399. The molecular formula is C22H18Cl3N3O2. The van der Waals surface area contributed by atoms with Crippen molar-refractivity contribution in [2.45, 2.75) is 6.54 Å². The molecule has 3 rings (SSSR count). The third-order valence-corrected chi connectivity index (χ3v) is 5.21. The highest BCUT2D eigenvalue weighted by molar-refractivity contribution is 6.44. The van der Waals surface area contributed by atoms with Crippen molar-refractivity contribution < 1.29 is 9.59 Å². The van der Waals surface area contributed by atoms with E-state index in [-0.39, 0.29) is 18.4 Å². The molecule has 5 nitrogen and oxygen atoms in total. The van der Waals surface area contributed by atoms with E-state index in [1.807, 2.05) is 30.3 Å². The smallest absolute Gasteiger partial charge is 0.251 e. The Morgan fingerprint density at radius 3 is 2.17 bits per heavy atom. The number of amides is 2. The van der Waals surface area contributed by atoms with Crippen molar-refractivity contribution in [2.24, 2.45) is 0 Å². The molecule has 0 unspecified atom stereocenters. The molecule has 2 amide bonds. The second kappa shape index (κ2) is 10.3. The monoisotopic (exact) mass is 461 g/mol. The number of carbonyl (C=O) groups is 2. The maximum atomic E-state index is 12.3. The number of rotatable bonds is 7. The zero-order valence-electron chi connectivity index (χ0n) is 15.7. The van der Waals surface area contributed by atoms with Crippen molar-refractivity contribution in [1.82, 2.24) is 5.32 Å². The number of carbonyl (C=O) groups excluding carboxylic acids is 2. The Hall–Kier alpha value is -2.73. The summed E-state index contributed by atoms with van der Waals surface area (Å²) in [7, 11) is 0. The van der Waals surface area contributed by atoms with E-state index in [0.29, 0.717) is 38.6 Å². The molecule has 30 heavy (non-hydrogen) atoms. The van der Waals surface area contributed by atoms with Gasteiger partial charge in [0.2, 0.25) is 5.91 Å². The highest BCUT2D eigenvalue weighted by Gasteiger charge is 2.10. The van der Waals surface area contributed by atoms with Gasteiger partial charge >= 0.3 is 0 Å². The summed E-state index contributed by atoms with van der Waals surface area (Å²) in [5, 5.41) is 9.43. The third kappa shape index (κ3) is 6.13. The number of nitrogens with one attached hydrogen (secondary N) is 3. The molecule has 8 heteroatoms. The highest BCUT2D eigenvalue weighted by Crippen LogP contribution is 2.32. The van der Waals surface area contributed by atoms with Crippen molar-refractivity contribution in [3.63, 3.8) is 0 Å². The molecule has 0 saturated heterocycles. The van der Waals surface area contributed by atoms with Crippen molar-refractivity contribution in [3.8, 4) is 0 Å². The van der Waals surface area contributed by atoms with Gasteiger partial charge in [0.25, 0.3) is 5.91 Å². The molecule has 0 aliphatic rings. The van der Waals surface area contributed by atoms with Gasteiger partial charge in [-0.25, -0.2) is 0 Å². The fraction of sp³-hybridized carbons (Fsp3) is 0.0909. The topological polar surface area (TPSA) is 70.2 Å². The van der Waals surface area contributed by atoms with Crippen molar-refractivity contribution in [2.75, 3.05) is 17.2 Å². The predicted molar refractivity (Wildman–Crippen MR) is 123 cm³/mol. The number of hydrogen-bond acceptors (Lipinski definition) is 3. The fourth-order valence-electron chi connectivity index (χ4n) is 2.61. The Kier molecular flexibility index (Phi) is 7.57. The Morgan fingerprint density at radius 1 is 0.800 bits per heavy atom. The molecule has 154 valence electrons. The summed E-state index contributed by atoms with van der Waals surface area (Å²) in [5.74, 6) is -0.475. The van der Waals surface area contributed by atoms with E-state index >= 15 is 0 Å². The molecule has 3 aromatic rings. The van der Waals surface area contributed by atoms with Crippen molar-refractivity contribution in [3.05, 3.63) is 92.9 Å². The third-order valence-electron chi connectivity index (χ3n) is 4.18. The lowest BCUT2D eigenvalue weighted by Crippen LogP contribution is -2.23. The van der Waals surface area contributed by atoms with Gasteiger partial charge in [-0.15, -0.1) is 0 Å². The van der Waals surface area contributed by atoms with Crippen molar-refractivity contribution >= 4 is 58.0 Å². The van der Waals surface area contributed by atoms with Crippen LogP contribution in [-0.2, 0) is 11.3 Å². The van der Waals surface area contributed by atoms with Crippen LogP contribution in [0.3, 0.4) is 0 Å². The number of benzene rings is 3. The lowest BCUT2D eigenvalue weighted by Gasteiger charge is -2.11. The summed E-state index contributed by atoms with van der Waals surface area (Å²) < 4.78 is 0. The standard InChI is InChI=1S/C22H18Cl3N3O2/c23-17-10-19(25)20(11-18(17)24)28-21(29)13-26-16-8-6-15(7-9-16)22(30)27-12-14-4-2-1-3-5-14/h1-11,26H,12-13H2,(H,27,30)(H,28,29). The number of anilines is 2. The molecule has 3 aromatic carbocycles. The first kappa shape index (κ1) is 22.0. The van der Waals surface area contributed by atoms with E-state index in [9.17, 15) is 9.59 Å². The van der Waals surface area contributed by atoms with Crippen LogP contribution in [0, 0.1) is 0 Å². The van der Waals surface area contributed by atoms with Gasteiger partial charge in [0.15, 0.2) is 0 Å². The summed E-state index contributed by atoms with van der Waals surface area (Å²) in [6.45, 7) is 0.466. The van der Waals surface area contributed by atoms with Gasteiger partial charge in [0, 0.05) is 17.8 Å². The van der Waals surface area contributed by atoms with Crippen LogP contribution < -0.4 is 16.0 Å². The SMILES string of the molecule is O=C(CNc1ccc(C(=O)NCc2ccccc2)cc1)Nc1cc(Cl)c(Cl)cc1Cl. The lowest BCUT2D eigenvalue weighted by molar-refractivity contribution is -0.114. The zero-order valence-corrected chi connectivity index (χ0v) is 18.0. The first-order valence-electron chi connectivity index (χ1n) is 9.03. The Labute approximate surface area is 189 Å². The summed E-state index contributed by atoms with van der Waals surface area (Å²) in [5.41, 5.74) is 2.63. The average molecular weight is 463 g/mol. The van der Waals surface area contributed by atoms with E-state index in [1.54, 1.807) is 24.3 Å². The van der Waals surface area contributed by atoms with E-state index in [0.717, 1.165) is 5.56 Å². The normalized spacial score (nSPS) is 10.4. The van der Waals surface area contributed by atoms with Crippen LogP contribution in [0.25, 0.3) is 0 Å². The minimum absolute atomic E-state index is 0.0100. The summed E-state index contributed by atoms with van der Waals surface area (Å²) in [6, 6.07) is 19.5. The molecule has 3 N–H and O–H groups in total. The molecule has 0 aromatic heterocycles. The molecular weight excluding hydrogens is 445 g/mol. The molecule has 0 saturated carbocycles. The molecule has 0 aliphatic heterocycles. The van der Waals surface area contributed by atoms with Crippen LogP contribution in [0.1, 0.15) is 15.9 Å². The first-order chi connectivity index (χ1) is 14.4. The summed E-state index contributed by atoms with van der Waals surface area (Å²) in [4.78, 5) is 24.4. The van der Waals surface area contributed by atoms with Gasteiger partial charge in [-0.1, -0.05) is 65.1 Å². The minimum Gasteiger partial charge on any atom is -0.376 e. The van der Waals surface area contributed by atoms with Gasteiger partial charge in [0.05, 0.1) is 27.3 Å². The maximum absolute atomic E-state index is 12.3. The summed E-state index contributed by atoms with van der Waals surface area (Å²) >= 11 is 17.9. The Balaban J connectivity index is 1.50. The molecule has 0 radical (unpaired) electrons. The van der Waals surface area contributed by atoms with Gasteiger partial charge < -0.3 is 16.0 Å². The number of halogens is 3. The Morgan fingerprint density at radius 2 is 1.47 bits per heavy atom. The average Bonchev–Trinajstić information content (AvgIpc) is 2.75. The second-order valence-electron chi connectivity index (χ2n) is 6.39. The fourth-order valence-corrected chi connectivity index (χ4v) is 3.21. The molecule has 0 spiro atoms. The van der Waals surface area contributed by atoms with E-state index in [1.165, 1.54) is 12.1 Å². The van der Waals surface area contributed by atoms with Gasteiger partial charge in [-0.3, -0.25) is 9.59 Å². The van der Waals surface area contributed by atoms with E-state index in [4.69, 9.17) is 34.8 Å². The predicted octanol–water partition coefficient (Wildman–Crippen LogP) is 5.63. The number of hydrogen-bond donors (Lipinski definition) is 3. The highest BCUT2D eigenvalue weighted by atomic mass is 35.5. The Bertz CT molecular complexity index is 1040. The van der Waals surface area contributed by atoms with Gasteiger partial charge in [-0.05, 0) is 42.0 Å². The van der Waals surface area contributed by atoms with Crippen LogP contribution in [0.5, 0.6) is 0 Å². The van der Waals surface area contributed by atoms with E-state index < -0.39 is 0 Å². The molecule has 0 aliphatic carbocycles. The zero-order chi connectivity index (χ0) is 21.5. The summed E-state index contributed by atoms with van der Waals surface area (Å²) in [6.07, 6.45) is 0. The van der Waals surface area contributed by atoms with Crippen LogP contribution in [0.2, 0.25) is 15.1 Å². The maximum Gasteiger partial charge on any atom is 0.251 e. The largest absolute Gasteiger partial charge is 0.376 e. The van der Waals surface area contributed by atoms with Crippen LogP contribution >= 0.6 is 34.8 Å². The molecule has 0 bridgehead atoms. The van der Waals surface area contributed by atoms with Gasteiger partial charge in [-0.2, -0.15) is 0 Å². The minimum atomic E-state index is -0.306. The van der Waals surface area contributed by atoms with Crippen LogP contribution in [-0.4, -0.2) is 18.4 Å². The van der Waals surface area contributed by atoms with Crippen molar-refractivity contribution in [1.29, 1.82) is 0 Å². The molecule has 0 fully saturated rings.